The smallest absolute Gasteiger partial charge is 0.167 e. The zero-order valence-corrected chi connectivity index (χ0v) is 7.69. The maximum atomic E-state index is 10.6. The molecule has 0 radical (unpaired) electrons. The van der Waals surface area contributed by atoms with E-state index < -0.39 is 0 Å². The standard InChI is InChI=1S/C9H11N3O/c1-12(2)6-8(7-13)9-10-4-3-5-11-9/h3-5H,6H2,1-2H3. The third-order valence-corrected chi connectivity index (χ3v) is 1.43. The van der Waals surface area contributed by atoms with E-state index in [9.17, 15) is 4.79 Å². The van der Waals surface area contributed by atoms with E-state index in [0.29, 0.717) is 17.9 Å². The molecule has 68 valence electrons. The molecule has 0 aliphatic rings. The summed E-state index contributed by atoms with van der Waals surface area (Å²) in [6.45, 7) is 0.507. The van der Waals surface area contributed by atoms with Crippen LogP contribution >= 0.6 is 0 Å². The second-order valence-electron chi connectivity index (χ2n) is 2.89. The zero-order chi connectivity index (χ0) is 9.68. The lowest BCUT2D eigenvalue weighted by Crippen LogP contribution is -2.15. The average Bonchev–Trinajstić information content (AvgIpc) is 2.15. The van der Waals surface area contributed by atoms with Crippen molar-refractivity contribution >= 4 is 11.5 Å². The van der Waals surface area contributed by atoms with Crippen LogP contribution in [0.15, 0.2) is 18.5 Å². The summed E-state index contributed by atoms with van der Waals surface area (Å²) in [6.07, 6.45) is 3.21. The Labute approximate surface area is 76.9 Å². The Kier molecular flexibility index (Phi) is 3.31. The van der Waals surface area contributed by atoms with E-state index in [1.165, 1.54) is 0 Å². The fraction of sp³-hybridized carbons (Fsp3) is 0.333. The Balaban J connectivity index is 2.87. The third kappa shape index (κ3) is 2.78. The van der Waals surface area contributed by atoms with E-state index in [1.807, 2.05) is 24.9 Å². The highest BCUT2D eigenvalue weighted by Crippen LogP contribution is 2.03. The third-order valence-electron chi connectivity index (χ3n) is 1.43. The zero-order valence-electron chi connectivity index (χ0n) is 7.69. The summed E-state index contributed by atoms with van der Waals surface area (Å²) in [6, 6.07) is 1.71. The van der Waals surface area contributed by atoms with Crippen LogP contribution in [0.3, 0.4) is 0 Å². The Hall–Kier alpha value is -1.51. The van der Waals surface area contributed by atoms with Crippen molar-refractivity contribution in [2.45, 2.75) is 0 Å². The summed E-state index contributed by atoms with van der Waals surface area (Å²) >= 11 is 0. The fourth-order valence-electron chi connectivity index (χ4n) is 0.920. The van der Waals surface area contributed by atoms with Gasteiger partial charge in [-0.05, 0) is 20.2 Å². The molecule has 0 aliphatic carbocycles. The molecule has 0 saturated carbocycles. The van der Waals surface area contributed by atoms with Crippen LogP contribution in [-0.4, -0.2) is 41.4 Å². The van der Waals surface area contributed by atoms with Crippen LogP contribution in [0.2, 0.25) is 0 Å². The molecule has 1 rings (SSSR count). The molecule has 0 aromatic carbocycles. The van der Waals surface area contributed by atoms with Crippen molar-refractivity contribution in [2.75, 3.05) is 20.6 Å². The lowest BCUT2D eigenvalue weighted by molar-refractivity contribution is 0.461. The van der Waals surface area contributed by atoms with Gasteiger partial charge in [0.05, 0.1) is 5.57 Å². The molecular formula is C9H11N3O. The minimum absolute atomic E-state index is 0.450. The number of likely N-dealkylation sites (N-methyl/N-ethyl adjacent to an activating group) is 1. The molecule has 1 heterocycles. The molecule has 4 nitrogen and oxygen atoms in total. The van der Waals surface area contributed by atoms with Crippen molar-refractivity contribution in [1.29, 1.82) is 0 Å². The van der Waals surface area contributed by atoms with Gasteiger partial charge in [-0.2, -0.15) is 0 Å². The van der Waals surface area contributed by atoms with Crippen molar-refractivity contribution < 1.29 is 4.79 Å². The maximum Gasteiger partial charge on any atom is 0.167 e. The summed E-state index contributed by atoms with van der Waals surface area (Å²) < 4.78 is 0. The first kappa shape index (κ1) is 9.58. The number of carbonyl (C=O) groups excluding carboxylic acids is 1. The second kappa shape index (κ2) is 4.50. The highest BCUT2D eigenvalue weighted by molar-refractivity contribution is 5.85. The number of rotatable bonds is 3. The van der Waals surface area contributed by atoms with Crippen LogP contribution in [0.25, 0.3) is 5.57 Å². The van der Waals surface area contributed by atoms with E-state index in [-0.39, 0.29) is 0 Å². The summed E-state index contributed by atoms with van der Waals surface area (Å²) in [5.74, 6) is 2.30. The highest BCUT2D eigenvalue weighted by atomic mass is 16.1. The van der Waals surface area contributed by atoms with Gasteiger partial charge in [0.25, 0.3) is 0 Å². The average molecular weight is 177 g/mol. The van der Waals surface area contributed by atoms with Crippen molar-refractivity contribution in [2.24, 2.45) is 0 Å². The lowest BCUT2D eigenvalue weighted by Gasteiger charge is -2.08. The number of hydrogen-bond donors (Lipinski definition) is 0. The topological polar surface area (TPSA) is 46.1 Å². The van der Waals surface area contributed by atoms with Gasteiger partial charge in [0.15, 0.2) is 5.82 Å². The fourth-order valence-corrected chi connectivity index (χ4v) is 0.920. The molecular weight excluding hydrogens is 166 g/mol. The molecule has 4 heteroatoms. The number of aromatic nitrogens is 2. The van der Waals surface area contributed by atoms with Crippen molar-refractivity contribution in [3.05, 3.63) is 24.3 Å². The Morgan fingerprint density at radius 2 is 2.08 bits per heavy atom. The SMILES string of the molecule is CN(C)CC(=C=O)c1ncccn1. The quantitative estimate of drug-likeness (QED) is 0.621. The highest BCUT2D eigenvalue weighted by Gasteiger charge is 2.05. The van der Waals surface area contributed by atoms with E-state index in [0.717, 1.165) is 0 Å². The molecule has 1 aromatic heterocycles. The van der Waals surface area contributed by atoms with Crippen LogP contribution < -0.4 is 0 Å². The molecule has 0 fully saturated rings. The molecule has 0 saturated heterocycles. The van der Waals surface area contributed by atoms with Crippen molar-refractivity contribution in [3.8, 4) is 0 Å². The second-order valence-corrected chi connectivity index (χ2v) is 2.89. The van der Waals surface area contributed by atoms with Crippen LogP contribution in [0.4, 0.5) is 0 Å². The molecule has 1 aromatic rings. The summed E-state index contributed by atoms with van der Waals surface area (Å²) in [5.41, 5.74) is 0.477. The molecule has 0 amide bonds. The number of nitrogens with zero attached hydrogens (tertiary/aromatic N) is 3. The maximum absolute atomic E-state index is 10.6. The van der Waals surface area contributed by atoms with Gasteiger partial charge >= 0.3 is 0 Å². The normalized spacial score (nSPS) is 9.77. The van der Waals surface area contributed by atoms with Gasteiger partial charge in [-0.1, -0.05) is 0 Å². The van der Waals surface area contributed by atoms with Gasteiger partial charge < -0.3 is 4.90 Å². The lowest BCUT2D eigenvalue weighted by atomic mass is 10.2. The monoisotopic (exact) mass is 177 g/mol. The Bertz CT molecular complexity index is 315. The van der Waals surface area contributed by atoms with E-state index in [4.69, 9.17) is 0 Å². The summed E-state index contributed by atoms with van der Waals surface area (Å²) in [5, 5.41) is 0. The van der Waals surface area contributed by atoms with Crippen LogP contribution in [0, 0.1) is 0 Å². The largest absolute Gasteiger partial charge is 0.304 e. The molecule has 0 unspecified atom stereocenters. The molecule has 13 heavy (non-hydrogen) atoms. The van der Waals surface area contributed by atoms with Gasteiger partial charge in [-0.25, -0.2) is 14.8 Å². The van der Waals surface area contributed by atoms with Crippen molar-refractivity contribution in [3.63, 3.8) is 0 Å². The molecule has 0 bridgehead atoms. The van der Waals surface area contributed by atoms with Crippen LogP contribution in [0.5, 0.6) is 0 Å². The van der Waals surface area contributed by atoms with Crippen molar-refractivity contribution in [1.82, 2.24) is 14.9 Å². The Morgan fingerprint density at radius 3 is 2.54 bits per heavy atom. The van der Waals surface area contributed by atoms with Crippen LogP contribution in [-0.2, 0) is 4.79 Å². The minimum atomic E-state index is 0.450. The Morgan fingerprint density at radius 1 is 1.46 bits per heavy atom. The first-order valence-electron chi connectivity index (χ1n) is 3.90. The van der Waals surface area contributed by atoms with E-state index >= 15 is 0 Å². The first-order valence-corrected chi connectivity index (χ1v) is 3.90. The first-order chi connectivity index (χ1) is 6.24. The molecule has 0 atom stereocenters. The van der Waals surface area contributed by atoms with Gasteiger partial charge in [0, 0.05) is 18.9 Å². The van der Waals surface area contributed by atoms with Gasteiger partial charge in [-0.15, -0.1) is 0 Å². The minimum Gasteiger partial charge on any atom is -0.304 e. The van der Waals surface area contributed by atoms with Gasteiger partial charge in [-0.3, -0.25) is 0 Å². The predicted octanol–water partition coefficient (Wildman–Crippen LogP) is 0.253. The summed E-state index contributed by atoms with van der Waals surface area (Å²) in [7, 11) is 3.75. The van der Waals surface area contributed by atoms with Gasteiger partial charge in [0.2, 0.25) is 0 Å². The van der Waals surface area contributed by atoms with E-state index in [2.05, 4.69) is 9.97 Å². The summed E-state index contributed by atoms with van der Waals surface area (Å²) in [4.78, 5) is 20.4. The van der Waals surface area contributed by atoms with Gasteiger partial charge in [0.1, 0.15) is 5.94 Å². The molecule has 0 N–H and O–H groups in total. The number of hydrogen-bond acceptors (Lipinski definition) is 4. The molecule has 0 aliphatic heterocycles. The van der Waals surface area contributed by atoms with Crippen LogP contribution in [0.1, 0.15) is 5.82 Å². The van der Waals surface area contributed by atoms with E-state index in [1.54, 1.807) is 18.5 Å². The predicted molar refractivity (Wildman–Crippen MR) is 49.7 cm³/mol. The molecule has 0 spiro atoms.